The number of amides is 2. The molecule has 2 N–H and O–H groups in total. The van der Waals surface area contributed by atoms with E-state index in [9.17, 15) is 9.59 Å². The minimum Gasteiger partial charge on any atom is -0.352 e. The molecule has 32 heavy (non-hydrogen) atoms. The first-order valence-corrected chi connectivity index (χ1v) is 11.2. The number of nitrogens with one attached hydrogen (secondary N) is 2. The van der Waals surface area contributed by atoms with Gasteiger partial charge in [-0.25, -0.2) is 0 Å². The second-order valence-corrected chi connectivity index (χ2v) is 8.55. The summed E-state index contributed by atoms with van der Waals surface area (Å²) in [5.41, 5.74) is 3.14. The summed E-state index contributed by atoms with van der Waals surface area (Å²) in [4.78, 5) is 27.3. The van der Waals surface area contributed by atoms with E-state index in [0.29, 0.717) is 43.1 Å². The van der Waals surface area contributed by atoms with Crippen LogP contribution in [0.2, 0.25) is 0 Å². The number of H-pyrrole nitrogens is 1. The summed E-state index contributed by atoms with van der Waals surface area (Å²) in [7, 11) is 0. The van der Waals surface area contributed by atoms with Gasteiger partial charge >= 0.3 is 0 Å². The highest BCUT2D eigenvalue weighted by Gasteiger charge is 2.27. The van der Waals surface area contributed by atoms with Crippen LogP contribution in [-0.4, -0.2) is 44.6 Å². The molecule has 4 rings (SSSR count). The molecular formula is C24H27N5O2S. The van der Waals surface area contributed by atoms with Crippen molar-refractivity contribution in [3.05, 3.63) is 70.5 Å². The van der Waals surface area contributed by atoms with Crippen LogP contribution < -0.4 is 5.32 Å². The zero-order chi connectivity index (χ0) is 22.5. The Labute approximate surface area is 192 Å². The average Bonchev–Trinajstić information content (AvgIpc) is 3.18. The number of piperidine rings is 1. The fourth-order valence-electron chi connectivity index (χ4n) is 3.94. The maximum atomic E-state index is 13.0. The maximum absolute atomic E-state index is 13.0. The van der Waals surface area contributed by atoms with Crippen molar-refractivity contribution in [3.8, 4) is 11.4 Å². The van der Waals surface area contributed by atoms with Gasteiger partial charge in [-0.3, -0.25) is 19.3 Å². The van der Waals surface area contributed by atoms with Crippen LogP contribution in [0.1, 0.15) is 24.0 Å². The van der Waals surface area contributed by atoms with Crippen molar-refractivity contribution in [2.24, 2.45) is 5.92 Å². The molecule has 166 valence electrons. The summed E-state index contributed by atoms with van der Waals surface area (Å²) in [6, 6.07) is 17.8. The number of carbonyl (C=O) groups is 2. The van der Waals surface area contributed by atoms with E-state index in [-0.39, 0.29) is 24.3 Å². The van der Waals surface area contributed by atoms with Gasteiger partial charge in [0.15, 0.2) is 10.6 Å². The topological polar surface area (TPSA) is 83.0 Å². The number of likely N-dealkylation sites (tertiary alicyclic amines) is 1. The van der Waals surface area contributed by atoms with E-state index in [4.69, 9.17) is 12.2 Å². The normalized spacial score (nSPS) is 14.3. The monoisotopic (exact) mass is 449 g/mol. The second kappa shape index (κ2) is 9.91. The van der Waals surface area contributed by atoms with Crippen LogP contribution in [0.25, 0.3) is 11.4 Å². The fraction of sp³-hybridized carbons (Fsp3) is 0.333. The summed E-state index contributed by atoms with van der Waals surface area (Å²) in [5.74, 6) is 0.624. The zero-order valence-electron chi connectivity index (χ0n) is 18.1. The Morgan fingerprint density at radius 1 is 1.09 bits per heavy atom. The van der Waals surface area contributed by atoms with Gasteiger partial charge in [0.2, 0.25) is 11.8 Å². The summed E-state index contributed by atoms with van der Waals surface area (Å²) in [6.45, 7) is 3.80. The van der Waals surface area contributed by atoms with Gasteiger partial charge in [-0.05, 0) is 37.5 Å². The number of nitrogens with zero attached hydrogens (tertiary/aromatic N) is 3. The average molecular weight is 450 g/mol. The summed E-state index contributed by atoms with van der Waals surface area (Å²) in [5, 5.41) is 10.1. The van der Waals surface area contributed by atoms with Crippen LogP contribution in [0.4, 0.5) is 0 Å². The number of hydrogen-bond donors (Lipinski definition) is 2. The summed E-state index contributed by atoms with van der Waals surface area (Å²) >= 11 is 5.36. The van der Waals surface area contributed by atoms with Gasteiger partial charge < -0.3 is 10.2 Å². The van der Waals surface area contributed by atoms with E-state index < -0.39 is 0 Å². The molecule has 1 fully saturated rings. The maximum Gasteiger partial charge on any atom is 0.242 e. The second-order valence-electron chi connectivity index (χ2n) is 8.16. The quantitative estimate of drug-likeness (QED) is 0.565. The van der Waals surface area contributed by atoms with Crippen LogP contribution >= 0.6 is 12.2 Å². The van der Waals surface area contributed by atoms with Crippen molar-refractivity contribution in [2.45, 2.75) is 32.9 Å². The fourth-order valence-corrected chi connectivity index (χ4v) is 4.14. The van der Waals surface area contributed by atoms with Crippen LogP contribution in [-0.2, 0) is 22.7 Å². The Balaban J connectivity index is 1.32. The predicted molar refractivity (Wildman–Crippen MR) is 125 cm³/mol. The minimum absolute atomic E-state index is 0.0148. The van der Waals surface area contributed by atoms with E-state index in [1.54, 1.807) is 4.57 Å². The lowest BCUT2D eigenvalue weighted by molar-refractivity contribution is -0.136. The lowest BCUT2D eigenvalue weighted by Crippen LogP contribution is -2.44. The Bertz CT molecular complexity index is 1130. The van der Waals surface area contributed by atoms with E-state index in [1.807, 2.05) is 66.4 Å². The molecule has 0 atom stereocenters. The molecule has 2 amide bonds. The van der Waals surface area contributed by atoms with Gasteiger partial charge in [0.25, 0.3) is 0 Å². The molecule has 0 spiro atoms. The van der Waals surface area contributed by atoms with Gasteiger partial charge in [-0.15, -0.1) is 0 Å². The highest BCUT2D eigenvalue weighted by molar-refractivity contribution is 7.71. The number of aromatic amines is 1. The molecule has 0 radical (unpaired) electrons. The number of benzene rings is 2. The summed E-state index contributed by atoms with van der Waals surface area (Å²) in [6.07, 6.45) is 1.32. The molecule has 1 aliphatic heterocycles. The number of rotatable bonds is 6. The number of hydrogen-bond acceptors (Lipinski definition) is 4. The molecule has 0 bridgehead atoms. The Kier molecular flexibility index (Phi) is 6.80. The Hall–Kier alpha value is -3.26. The van der Waals surface area contributed by atoms with E-state index in [1.165, 1.54) is 0 Å². The molecule has 2 heterocycles. The largest absolute Gasteiger partial charge is 0.352 e. The molecular weight excluding hydrogens is 422 g/mol. The highest BCUT2D eigenvalue weighted by atomic mass is 32.1. The molecule has 3 aromatic rings. The smallest absolute Gasteiger partial charge is 0.242 e. The molecule has 2 aromatic carbocycles. The number of carbonyl (C=O) groups excluding carboxylic acids is 2. The molecule has 8 heteroatoms. The third-order valence-electron chi connectivity index (χ3n) is 5.89. The van der Waals surface area contributed by atoms with Crippen molar-refractivity contribution < 1.29 is 9.59 Å². The molecule has 0 unspecified atom stereocenters. The van der Waals surface area contributed by atoms with Crippen LogP contribution in [0.5, 0.6) is 0 Å². The summed E-state index contributed by atoms with van der Waals surface area (Å²) < 4.78 is 2.16. The van der Waals surface area contributed by atoms with E-state index >= 15 is 0 Å². The van der Waals surface area contributed by atoms with Gasteiger partial charge in [-0.1, -0.05) is 60.2 Å². The van der Waals surface area contributed by atoms with Crippen molar-refractivity contribution in [3.63, 3.8) is 0 Å². The van der Waals surface area contributed by atoms with Crippen LogP contribution in [0.15, 0.2) is 54.6 Å². The highest BCUT2D eigenvalue weighted by Crippen LogP contribution is 2.21. The molecule has 0 aliphatic carbocycles. The first kappa shape index (κ1) is 22.0. The number of aryl methyl sites for hydroxylation is 1. The molecule has 1 saturated heterocycles. The van der Waals surface area contributed by atoms with E-state index in [0.717, 1.165) is 16.7 Å². The first-order valence-electron chi connectivity index (χ1n) is 10.8. The lowest BCUT2D eigenvalue weighted by Gasteiger charge is -2.31. The third kappa shape index (κ3) is 5.13. The third-order valence-corrected chi connectivity index (χ3v) is 6.20. The molecule has 1 aromatic heterocycles. The van der Waals surface area contributed by atoms with Gasteiger partial charge in [0, 0.05) is 31.1 Å². The Morgan fingerprint density at radius 2 is 1.78 bits per heavy atom. The lowest BCUT2D eigenvalue weighted by atomic mass is 9.95. The van der Waals surface area contributed by atoms with Crippen molar-refractivity contribution in [1.82, 2.24) is 25.0 Å². The standard InChI is InChI=1S/C24H27N5O2S/c1-17-7-9-19(10-8-17)22-26-27-24(32)29(22)16-21(30)28-13-11-20(12-14-28)23(31)25-15-18-5-3-2-4-6-18/h2-10,20H,11-16H2,1H3,(H,25,31)(H,27,32). The van der Waals surface area contributed by atoms with Crippen LogP contribution in [0, 0.1) is 17.6 Å². The zero-order valence-corrected chi connectivity index (χ0v) is 18.9. The molecule has 0 saturated carbocycles. The Morgan fingerprint density at radius 3 is 2.47 bits per heavy atom. The van der Waals surface area contributed by atoms with Gasteiger partial charge in [0.05, 0.1) is 0 Å². The predicted octanol–water partition coefficient (Wildman–Crippen LogP) is 3.47. The first-order chi connectivity index (χ1) is 15.5. The van der Waals surface area contributed by atoms with E-state index in [2.05, 4.69) is 15.5 Å². The SMILES string of the molecule is Cc1ccc(-c2n[nH]c(=S)n2CC(=O)N2CCC(C(=O)NCc3ccccc3)CC2)cc1. The number of aromatic nitrogens is 3. The van der Waals surface area contributed by atoms with Crippen molar-refractivity contribution in [2.75, 3.05) is 13.1 Å². The van der Waals surface area contributed by atoms with Crippen LogP contribution in [0.3, 0.4) is 0 Å². The van der Waals surface area contributed by atoms with Crippen molar-refractivity contribution >= 4 is 24.0 Å². The van der Waals surface area contributed by atoms with Gasteiger partial charge in [-0.2, -0.15) is 5.10 Å². The molecule has 1 aliphatic rings. The van der Waals surface area contributed by atoms with Gasteiger partial charge in [0.1, 0.15) is 6.54 Å². The molecule has 7 nitrogen and oxygen atoms in total. The van der Waals surface area contributed by atoms with Crippen molar-refractivity contribution in [1.29, 1.82) is 0 Å². The minimum atomic E-state index is -0.0676.